The first-order chi connectivity index (χ1) is 11.7. The number of carbonyl (C=O) groups excluding carboxylic acids is 1. The second-order valence-corrected chi connectivity index (χ2v) is 6.27. The molecule has 1 atom stereocenters. The summed E-state index contributed by atoms with van der Waals surface area (Å²) < 4.78 is 9.47. The van der Waals surface area contributed by atoms with Crippen molar-refractivity contribution in [3.63, 3.8) is 0 Å². The first-order valence-electron chi connectivity index (χ1n) is 8.31. The highest BCUT2D eigenvalue weighted by molar-refractivity contribution is 5.71. The van der Waals surface area contributed by atoms with Gasteiger partial charge in [-0.1, -0.05) is 49.4 Å². The molecule has 0 heterocycles. The van der Waals surface area contributed by atoms with Gasteiger partial charge in [0, 0.05) is 0 Å². The minimum atomic E-state index is -0.706. The molecule has 0 bridgehead atoms. The topological polar surface area (TPSA) is 35.5 Å². The van der Waals surface area contributed by atoms with E-state index in [1.165, 1.54) is 37.5 Å². The standard InChI is InChI=1S/C21H22O3/c1-15-3-5-16(6-4-15)17-7-9-18(10-8-17)19-11-13-20(14-12-19)24-21(22)23-2/h5,7-15H,3-4,6H2,1-2H3. The van der Waals surface area contributed by atoms with Crippen molar-refractivity contribution in [2.75, 3.05) is 7.11 Å². The molecule has 2 aromatic carbocycles. The number of carbonyl (C=O) groups is 1. The van der Waals surface area contributed by atoms with Crippen LogP contribution < -0.4 is 4.74 Å². The van der Waals surface area contributed by atoms with Crippen molar-refractivity contribution in [3.8, 4) is 16.9 Å². The largest absolute Gasteiger partial charge is 0.513 e. The summed E-state index contributed by atoms with van der Waals surface area (Å²) in [6, 6.07) is 16.1. The fourth-order valence-corrected chi connectivity index (χ4v) is 2.96. The average Bonchev–Trinajstić information content (AvgIpc) is 2.63. The Morgan fingerprint density at radius 3 is 2.08 bits per heavy atom. The number of methoxy groups -OCH3 is 1. The Labute approximate surface area is 142 Å². The molecule has 0 saturated carbocycles. The molecule has 0 aliphatic heterocycles. The molecule has 1 aliphatic carbocycles. The van der Waals surface area contributed by atoms with E-state index in [0.717, 1.165) is 17.0 Å². The Morgan fingerprint density at radius 2 is 1.54 bits per heavy atom. The summed E-state index contributed by atoms with van der Waals surface area (Å²) >= 11 is 0. The van der Waals surface area contributed by atoms with Crippen LogP contribution in [0, 0.1) is 5.92 Å². The Hall–Kier alpha value is -2.55. The summed E-state index contributed by atoms with van der Waals surface area (Å²) in [5.74, 6) is 1.28. The van der Waals surface area contributed by atoms with Crippen LogP contribution in [0.1, 0.15) is 31.7 Å². The predicted molar refractivity (Wildman–Crippen MR) is 95.9 cm³/mol. The Balaban J connectivity index is 1.72. The second kappa shape index (κ2) is 7.35. The number of benzene rings is 2. The molecule has 2 aromatic rings. The molecule has 0 saturated heterocycles. The summed E-state index contributed by atoms with van der Waals surface area (Å²) in [6.45, 7) is 2.31. The van der Waals surface area contributed by atoms with Gasteiger partial charge in [-0.15, -0.1) is 0 Å². The Morgan fingerprint density at radius 1 is 0.958 bits per heavy atom. The van der Waals surface area contributed by atoms with Crippen LogP contribution >= 0.6 is 0 Å². The van der Waals surface area contributed by atoms with Crippen LogP contribution in [0.2, 0.25) is 0 Å². The van der Waals surface area contributed by atoms with E-state index < -0.39 is 6.16 Å². The molecule has 0 radical (unpaired) electrons. The smallest absolute Gasteiger partial charge is 0.437 e. The third-order valence-corrected chi connectivity index (χ3v) is 4.48. The fourth-order valence-electron chi connectivity index (χ4n) is 2.96. The molecule has 0 fully saturated rings. The predicted octanol–water partition coefficient (Wildman–Crippen LogP) is 5.70. The van der Waals surface area contributed by atoms with E-state index in [-0.39, 0.29) is 0 Å². The third kappa shape index (κ3) is 3.85. The summed E-state index contributed by atoms with van der Waals surface area (Å²) in [7, 11) is 1.29. The normalized spacial score (nSPS) is 17.1. The molecule has 1 aliphatic rings. The lowest BCUT2D eigenvalue weighted by Gasteiger charge is -2.18. The van der Waals surface area contributed by atoms with E-state index in [9.17, 15) is 4.79 Å². The van der Waals surface area contributed by atoms with Crippen molar-refractivity contribution >= 4 is 11.7 Å². The first kappa shape index (κ1) is 16.3. The second-order valence-electron chi connectivity index (χ2n) is 6.27. The van der Waals surface area contributed by atoms with Crippen molar-refractivity contribution in [1.29, 1.82) is 0 Å². The molecule has 3 rings (SSSR count). The molecular formula is C21H22O3. The average molecular weight is 322 g/mol. The molecule has 124 valence electrons. The maximum atomic E-state index is 11.1. The van der Waals surface area contributed by atoms with Crippen LogP contribution in [0.3, 0.4) is 0 Å². The minimum Gasteiger partial charge on any atom is -0.437 e. The van der Waals surface area contributed by atoms with Crippen molar-refractivity contribution in [3.05, 3.63) is 60.2 Å². The van der Waals surface area contributed by atoms with Crippen molar-refractivity contribution in [2.45, 2.75) is 26.2 Å². The van der Waals surface area contributed by atoms with Gasteiger partial charge in [0.15, 0.2) is 0 Å². The summed E-state index contributed by atoms with van der Waals surface area (Å²) in [4.78, 5) is 11.1. The highest BCUT2D eigenvalue weighted by Gasteiger charge is 2.11. The zero-order chi connectivity index (χ0) is 16.9. The van der Waals surface area contributed by atoms with Gasteiger partial charge in [0.2, 0.25) is 0 Å². The van der Waals surface area contributed by atoms with Gasteiger partial charge in [0.25, 0.3) is 0 Å². The summed E-state index contributed by atoms with van der Waals surface area (Å²) in [6.07, 6.45) is 5.29. The van der Waals surface area contributed by atoms with E-state index in [1.54, 1.807) is 12.1 Å². The van der Waals surface area contributed by atoms with Gasteiger partial charge < -0.3 is 9.47 Å². The quantitative estimate of drug-likeness (QED) is 0.537. The lowest BCUT2D eigenvalue weighted by atomic mass is 9.87. The van der Waals surface area contributed by atoms with Crippen molar-refractivity contribution in [2.24, 2.45) is 5.92 Å². The van der Waals surface area contributed by atoms with Crippen LogP contribution in [-0.2, 0) is 4.74 Å². The van der Waals surface area contributed by atoms with Crippen LogP contribution in [0.4, 0.5) is 4.79 Å². The number of hydrogen-bond acceptors (Lipinski definition) is 3. The number of allylic oxidation sites excluding steroid dienone is 2. The summed E-state index contributed by atoms with van der Waals surface area (Å²) in [5, 5.41) is 0. The minimum absolute atomic E-state index is 0.476. The molecule has 0 N–H and O–H groups in total. The maximum Gasteiger partial charge on any atom is 0.513 e. The zero-order valence-corrected chi connectivity index (χ0v) is 14.1. The zero-order valence-electron chi connectivity index (χ0n) is 14.1. The van der Waals surface area contributed by atoms with Gasteiger partial charge in [-0.05, 0) is 59.6 Å². The van der Waals surface area contributed by atoms with Crippen LogP contribution in [-0.4, -0.2) is 13.3 Å². The highest BCUT2D eigenvalue weighted by Crippen LogP contribution is 2.31. The number of rotatable bonds is 3. The van der Waals surface area contributed by atoms with Crippen LogP contribution in [0.5, 0.6) is 5.75 Å². The van der Waals surface area contributed by atoms with Gasteiger partial charge in [0.1, 0.15) is 5.75 Å². The van der Waals surface area contributed by atoms with E-state index in [1.807, 2.05) is 12.1 Å². The van der Waals surface area contributed by atoms with Gasteiger partial charge >= 0.3 is 6.16 Å². The lowest BCUT2D eigenvalue weighted by molar-refractivity contribution is 0.121. The van der Waals surface area contributed by atoms with Gasteiger partial charge in [-0.3, -0.25) is 0 Å². The maximum absolute atomic E-state index is 11.1. The van der Waals surface area contributed by atoms with Crippen LogP contribution in [0.25, 0.3) is 16.7 Å². The first-order valence-corrected chi connectivity index (χ1v) is 8.31. The number of ether oxygens (including phenoxy) is 2. The molecule has 0 aromatic heterocycles. The molecular weight excluding hydrogens is 300 g/mol. The van der Waals surface area contributed by atoms with Crippen molar-refractivity contribution in [1.82, 2.24) is 0 Å². The van der Waals surface area contributed by atoms with Gasteiger partial charge in [0.05, 0.1) is 7.11 Å². The molecule has 3 nitrogen and oxygen atoms in total. The molecule has 0 amide bonds. The van der Waals surface area contributed by atoms with Gasteiger partial charge in [-0.25, -0.2) is 4.79 Å². The van der Waals surface area contributed by atoms with E-state index in [4.69, 9.17) is 4.74 Å². The monoisotopic (exact) mass is 322 g/mol. The lowest BCUT2D eigenvalue weighted by Crippen LogP contribution is -2.06. The Bertz CT molecular complexity index is 727. The van der Waals surface area contributed by atoms with E-state index in [2.05, 4.69) is 42.0 Å². The summed E-state index contributed by atoms with van der Waals surface area (Å²) in [5.41, 5.74) is 5.01. The molecule has 1 unspecified atom stereocenters. The van der Waals surface area contributed by atoms with Crippen LogP contribution in [0.15, 0.2) is 54.6 Å². The van der Waals surface area contributed by atoms with Crippen molar-refractivity contribution < 1.29 is 14.3 Å². The fraction of sp³-hybridized carbons (Fsp3) is 0.286. The Kier molecular flexibility index (Phi) is 4.99. The SMILES string of the molecule is COC(=O)Oc1ccc(-c2ccc(C3=CCC(C)CC3)cc2)cc1. The number of hydrogen-bond donors (Lipinski definition) is 0. The molecule has 0 spiro atoms. The molecule has 24 heavy (non-hydrogen) atoms. The van der Waals surface area contributed by atoms with Gasteiger partial charge in [-0.2, -0.15) is 0 Å². The third-order valence-electron chi connectivity index (χ3n) is 4.48. The molecule has 3 heteroatoms. The van der Waals surface area contributed by atoms with E-state index >= 15 is 0 Å². The highest BCUT2D eigenvalue weighted by atomic mass is 16.7. The van der Waals surface area contributed by atoms with E-state index in [0.29, 0.717) is 5.75 Å².